The van der Waals surface area contributed by atoms with Crippen LogP contribution in [0.15, 0.2) is 35.4 Å². The number of nitrogens with one attached hydrogen (secondary N) is 2. The lowest BCUT2D eigenvalue weighted by atomic mass is 9.93. The molecule has 0 saturated carbocycles. The summed E-state index contributed by atoms with van der Waals surface area (Å²) in [5.74, 6) is 0.283. The van der Waals surface area contributed by atoms with Crippen LogP contribution in [0.3, 0.4) is 0 Å². The van der Waals surface area contributed by atoms with Crippen molar-refractivity contribution >= 4 is 47.6 Å². The van der Waals surface area contributed by atoms with E-state index in [1.807, 2.05) is 33.9 Å². The predicted molar refractivity (Wildman–Crippen MR) is 161 cm³/mol. The summed E-state index contributed by atoms with van der Waals surface area (Å²) >= 11 is 1.54. The molecule has 210 valence electrons. The topological polar surface area (TPSA) is 96.0 Å². The highest BCUT2D eigenvalue weighted by molar-refractivity contribution is 7.14. The molecule has 4 aromatic heterocycles. The zero-order valence-electron chi connectivity index (χ0n) is 24.1. The Morgan fingerprint density at radius 3 is 2.56 bits per heavy atom. The number of hydrogen-bond acceptors (Lipinski definition) is 5. The van der Waals surface area contributed by atoms with Crippen LogP contribution in [-0.2, 0) is 11.0 Å². The standard InChI is InChI=1S/C29H41N5O3SSi/c1-17(2)39(18(3)4,19(5)6)37-16-21-8-9-25(38-21)28(35)33-13-11-20(7)24(15-33)34-26-22-10-12-30-27(22)31-14-23(26)32-29(34)36/h8-10,12,14,17-20,24H,11,13,15-16H2,1-7H3,(H,30,31)(H,32,36)/t20-,24+/m0/s1. The fraction of sp³-hybridized carbons (Fsp3) is 0.552. The van der Waals surface area contributed by atoms with Gasteiger partial charge in [-0.3, -0.25) is 9.36 Å². The second-order valence-corrected chi connectivity index (χ2v) is 18.6. The number of H-pyrrole nitrogens is 2. The van der Waals surface area contributed by atoms with Crippen molar-refractivity contribution in [2.75, 3.05) is 13.1 Å². The van der Waals surface area contributed by atoms with Crippen molar-refractivity contribution in [3.05, 3.63) is 50.8 Å². The van der Waals surface area contributed by atoms with E-state index in [-0.39, 0.29) is 23.6 Å². The number of imidazole rings is 1. The molecule has 2 atom stereocenters. The van der Waals surface area contributed by atoms with E-state index >= 15 is 0 Å². The number of hydrogen-bond donors (Lipinski definition) is 2. The average Bonchev–Trinajstić information content (AvgIpc) is 3.61. The molecular weight excluding hydrogens is 527 g/mol. The molecule has 8 nitrogen and oxygen atoms in total. The maximum absolute atomic E-state index is 13.7. The number of carbonyl (C=O) groups is 1. The lowest BCUT2D eigenvalue weighted by molar-refractivity contribution is 0.0627. The normalized spacial score (nSPS) is 18.9. The van der Waals surface area contributed by atoms with Gasteiger partial charge in [-0.1, -0.05) is 48.5 Å². The molecule has 1 amide bonds. The van der Waals surface area contributed by atoms with Gasteiger partial charge in [0, 0.05) is 29.5 Å². The van der Waals surface area contributed by atoms with Crippen molar-refractivity contribution < 1.29 is 9.22 Å². The van der Waals surface area contributed by atoms with E-state index in [1.165, 1.54) is 11.3 Å². The summed E-state index contributed by atoms with van der Waals surface area (Å²) in [7, 11) is -1.98. The number of pyridine rings is 1. The molecule has 1 aliphatic heterocycles. The Balaban J connectivity index is 1.36. The molecule has 39 heavy (non-hydrogen) atoms. The molecule has 10 heteroatoms. The molecule has 0 unspecified atom stereocenters. The molecule has 4 aromatic rings. The van der Waals surface area contributed by atoms with Gasteiger partial charge < -0.3 is 19.3 Å². The smallest absolute Gasteiger partial charge is 0.326 e. The maximum atomic E-state index is 13.7. The van der Waals surface area contributed by atoms with E-state index in [1.54, 1.807) is 6.20 Å². The van der Waals surface area contributed by atoms with Crippen LogP contribution in [-0.4, -0.2) is 51.7 Å². The van der Waals surface area contributed by atoms with Gasteiger partial charge in [0.1, 0.15) is 5.65 Å². The summed E-state index contributed by atoms with van der Waals surface area (Å²) in [6.45, 7) is 17.7. The van der Waals surface area contributed by atoms with E-state index in [0.29, 0.717) is 36.3 Å². The molecule has 0 spiro atoms. The summed E-state index contributed by atoms with van der Waals surface area (Å²) in [6.07, 6.45) is 4.38. The third-order valence-corrected chi connectivity index (χ3v) is 15.9. The summed E-state index contributed by atoms with van der Waals surface area (Å²) in [4.78, 5) is 41.1. The number of aromatic amines is 2. The molecule has 5 rings (SSSR count). The van der Waals surface area contributed by atoms with E-state index in [9.17, 15) is 9.59 Å². The average molecular weight is 568 g/mol. The minimum absolute atomic E-state index is 0.0320. The van der Waals surface area contributed by atoms with E-state index < -0.39 is 8.32 Å². The molecule has 1 aliphatic rings. The fourth-order valence-corrected chi connectivity index (χ4v) is 13.3. The Bertz CT molecular complexity index is 1510. The molecule has 2 N–H and O–H groups in total. The number of carbonyl (C=O) groups excluding carboxylic acids is 1. The number of fused-ring (bicyclic) bond motifs is 3. The first-order chi connectivity index (χ1) is 18.5. The van der Waals surface area contributed by atoms with Gasteiger partial charge in [0.2, 0.25) is 8.32 Å². The summed E-state index contributed by atoms with van der Waals surface area (Å²) in [5, 5.41) is 0.910. The SMILES string of the molecule is CC(C)[Si](OCc1ccc(C(=O)N2CC[C@H](C)[C@H](n3c(=O)[nH]c4cnc5[nH]ccc5c43)C2)s1)(C(C)C)C(C)C. The largest absolute Gasteiger partial charge is 0.411 e. The van der Waals surface area contributed by atoms with E-state index in [0.717, 1.165) is 38.2 Å². The second kappa shape index (κ2) is 10.7. The highest BCUT2D eigenvalue weighted by Gasteiger charge is 2.45. The van der Waals surface area contributed by atoms with Crippen LogP contribution in [0.25, 0.3) is 22.1 Å². The number of aromatic nitrogens is 4. The first-order valence-electron chi connectivity index (χ1n) is 14.1. The maximum Gasteiger partial charge on any atom is 0.326 e. The molecular formula is C29H41N5O3SSi. The Morgan fingerprint density at radius 2 is 1.87 bits per heavy atom. The number of nitrogens with zero attached hydrogens (tertiary/aromatic N) is 3. The first kappa shape index (κ1) is 27.9. The van der Waals surface area contributed by atoms with Crippen LogP contribution >= 0.6 is 11.3 Å². The molecule has 0 aliphatic carbocycles. The van der Waals surface area contributed by atoms with Crippen LogP contribution in [0.1, 0.15) is 75.5 Å². The predicted octanol–water partition coefficient (Wildman–Crippen LogP) is 6.68. The molecule has 0 radical (unpaired) electrons. The van der Waals surface area contributed by atoms with Gasteiger partial charge in [0.25, 0.3) is 5.91 Å². The number of amides is 1. The number of thiophene rings is 1. The Kier molecular flexibility index (Phi) is 7.65. The third-order valence-electron chi connectivity index (χ3n) is 8.84. The fourth-order valence-electron chi connectivity index (χ4n) is 6.93. The van der Waals surface area contributed by atoms with Crippen molar-refractivity contribution in [1.29, 1.82) is 0 Å². The Morgan fingerprint density at radius 1 is 1.15 bits per heavy atom. The summed E-state index contributed by atoms with van der Waals surface area (Å²) in [5.41, 5.74) is 3.71. The van der Waals surface area contributed by atoms with Gasteiger partial charge in [-0.25, -0.2) is 9.78 Å². The molecule has 0 bridgehead atoms. The molecule has 5 heterocycles. The Hall–Kier alpha value is -2.69. The van der Waals surface area contributed by atoms with Gasteiger partial charge in [0.15, 0.2) is 0 Å². The van der Waals surface area contributed by atoms with Crippen molar-refractivity contribution in [3.8, 4) is 0 Å². The first-order valence-corrected chi connectivity index (χ1v) is 17.1. The van der Waals surface area contributed by atoms with Gasteiger partial charge in [-0.2, -0.15) is 0 Å². The lowest BCUT2D eigenvalue weighted by Gasteiger charge is -2.42. The highest BCUT2D eigenvalue weighted by atomic mass is 32.1. The van der Waals surface area contributed by atoms with Crippen molar-refractivity contribution in [3.63, 3.8) is 0 Å². The van der Waals surface area contributed by atoms with E-state index in [4.69, 9.17) is 4.43 Å². The van der Waals surface area contributed by atoms with Gasteiger partial charge in [-0.05, 0) is 47.2 Å². The summed E-state index contributed by atoms with van der Waals surface area (Å²) in [6, 6.07) is 5.81. The van der Waals surface area contributed by atoms with Gasteiger partial charge in [-0.15, -0.1) is 11.3 Å². The number of likely N-dealkylation sites (tertiary alicyclic amines) is 1. The van der Waals surface area contributed by atoms with Crippen molar-refractivity contribution in [2.24, 2.45) is 5.92 Å². The number of rotatable bonds is 8. The summed E-state index contributed by atoms with van der Waals surface area (Å²) < 4.78 is 8.62. The van der Waals surface area contributed by atoms with Crippen LogP contribution < -0.4 is 5.69 Å². The zero-order valence-corrected chi connectivity index (χ0v) is 25.9. The van der Waals surface area contributed by atoms with Crippen LogP contribution in [0.2, 0.25) is 16.6 Å². The van der Waals surface area contributed by atoms with E-state index in [2.05, 4.69) is 63.4 Å². The van der Waals surface area contributed by atoms with Gasteiger partial charge >= 0.3 is 5.69 Å². The lowest BCUT2D eigenvalue weighted by Crippen LogP contribution is -2.47. The Labute approximate surface area is 234 Å². The highest BCUT2D eigenvalue weighted by Crippen LogP contribution is 2.43. The zero-order chi connectivity index (χ0) is 28.1. The van der Waals surface area contributed by atoms with Crippen LogP contribution in [0.4, 0.5) is 0 Å². The van der Waals surface area contributed by atoms with Gasteiger partial charge in [0.05, 0.1) is 34.8 Å². The monoisotopic (exact) mass is 567 g/mol. The molecule has 1 fully saturated rings. The molecule has 1 saturated heterocycles. The van der Waals surface area contributed by atoms with Crippen LogP contribution in [0.5, 0.6) is 0 Å². The minimum atomic E-state index is -1.98. The molecule has 0 aromatic carbocycles. The minimum Gasteiger partial charge on any atom is -0.411 e. The second-order valence-electron chi connectivity index (χ2n) is 12.0. The quantitative estimate of drug-likeness (QED) is 0.232. The van der Waals surface area contributed by atoms with Crippen LogP contribution in [0, 0.1) is 5.92 Å². The van der Waals surface area contributed by atoms with Crippen molar-refractivity contribution in [1.82, 2.24) is 24.4 Å². The number of piperidine rings is 1. The third kappa shape index (κ3) is 4.80. The van der Waals surface area contributed by atoms with Crippen molar-refractivity contribution in [2.45, 2.75) is 84.2 Å².